The summed E-state index contributed by atoms with van der Waals surface area (Å²) < 4.78 is 28.9. The van der Waals surface area contributed by atoms with Gasteiger partial charge in [0.05, 0.1) is 0 Å². The van der Waals surface area contributed by atoms with Gasteiger partial charge >= 0.3 is 0 Å². The number of nitrogens with zero attached hydrogens (tertiary/aromatic N) is 2. The van der Waals surface area contributed by atoms with Crippen LogP contribution in [0, 0.1) is 5.92 Å². The van der Waals surface area contributed by atoms with Gasteiger partial charge in [0, 0.05) is 26.2 Å². The SMILES string of the molecule is CCNCC1CCN(S(=O)(=O)NCCN2CCCC2)CC1. The maximum absolute atomic E-state index is 12.3. The molecule has 2 heterocycles. The van der Waals surface area contributed by atoms with Gasteiger partial charge in [0.1, 0.15) is 0 Å². The summed E-state index contributed by atoms with van der Waals surface area (Å²) in [7, 11) is -3.28. The van der Waals surface area contributed by atoms with Crippen molar-refractivity contribution in [3.8, 4) is 0 Å². The van der Waals surface area contributed by atoms with Gasteiger partial charge in [-0.2, -0.15) is 12.7 Å². The van der Waals surface area contributed by atoms with E-state index in [0.29, 0.717) is 25.6 Å². The Hall–Kier alpha value is -0.210. The second-order valence-corrected chi connectivity index (χ2v) is 7.85. The smallest absolute Gasteiger partial charge is 0.279 e. The molecular formula is C14H30N4O2S. The Labute approximate surface area is 129 Å². The molecule has 0 amide bonds. The highest BCUT2D eigenvalue weighted by Crippen LogP contribution is 2.18. The standard InChI is InChI=1S/C14H30N4O2S/c1-2-15-13-14-5-10-18(11-6-14)21(19,20)16-7-12-17-8-3-4-9-17/h14-16H,2-13H2,1H3. The first-order chi connectivity index (χ1) is 10.1. The molecule has 2 saturated heterocycles. The Morgan fingerprint density at radius 2 is 1.76 bits per heavy atom. The van der Waals surface area contributed by atoms with E-state index in [4.69, 9.17) is 0 Å². The third kappa shape index (κ3) is 5.49. The lowest BCUT2D eigenvalue weighted by Gasteiger charge is -2.31. The summed E-state index contributed by atoms with van der Waals surface area (Å²) in [5, 5.41) is 3.35. The van der Waals surface area contributed by atoms with E-state index in [9.17, 15) is 8.42 Å². The molecule has 0 aromatic heterocycles. The number of rotatable bonds is 8. The first-order valence-electron chi connectivity index (χ1n) is 8.29. The monoisotopic (exact) mass is 318 g/mol. The highest BCUT2D eigenvalue weighted by atomic mass is 32.2. The highest BCUT2D eigenvalue weighted by molar-refractivity contribution is 7.87. The average molecular weight is 318 g/mol. The van der Waals surface area contributed by atoms with Gasteiger partial charge in [-0.05, 0) is 57.8 Å². The Balaban J connectivity index is 1.68. The molecule has 0 radical (unpaired) electrons. The molecule has 2 rings (SSSR count). The maximum Gasteiger partial charge on any atom is 0.279 e. The van der Waals surface area contributed by atoms with E-state index in [1.807, 2.05) is 0 Å². The summed E-state index contributed by atoms with van der Waals surface area (Å²) in [5.41, 5.74) is 0. The summed E-state index contributed by atoms with van der Waals surface area (Å²) >= 11 is 0. The van der Waals surface area contributed by atoms with Crippen molar-refractivity contribution in [2.45, 2.75) is 32.6 Å². The molecule has 0 saturated carbocycles. The van der Waals surface area contributed by atoms with Crippen LogP contribution in [0.1, 0.15) is 32.6 Å². The van der Waals surface area contributed by atoms with Crippen LogP contribution in [0.5, 0.6) is 0 Å². The molecule has 0 aromatic carbocycles. The first kappa shape index (κ1) is 17.1. The largest absolute Gasteiger partial charge is 0.317 e. The zero-order valence-electron chi connectivity index (χ0n) is 13.2. The lowest BCUT2D eigenvalue weighted by molar-refractivity contribution is 0.265. The van der Waals surface area contributed by atoms with Crippen LogP contribution in [0.3, 0.4) is 0 Å². The molecular weight excluding hydrogens is 288 g/mol. The quantitative estimate of drug-likeness (QED) is 0.673. The van der Waals surface area contributed by atoms with Gasteiger partial charge in [-0.15, -0.1) is 0 Å². The van der Waals surface area contributed by atoms with E-state index >= 15 is 0 Å². The van der Waals surface area contributed by atoms with E-state index < -0.39 is 10.2 Å². The van der Waals surface area contributed by atoms with Crippen molar-refractivity contribution in [2.75, 3.05) is 52.4 Å². The van der Waals surface area contributed by atoms with Gasteiger partial charge in [0.15, 0.2) is 0 Å². The molecule has 2 N–H and O–H groups in total. The van der Waals surface area contributed by atoms with Crippen molar-refractivity contribution in [3.63, 3.8) is 0 Å². The van der Waals surface area contributed by atoms with Crippen molar-refractivity contribution in [2.24, 2.45) is 5.92 Å². The van der Waals surface area contributed by atoms with Gasteiger partial charge in [-0.1, -0.05) is 6.92 Å². The maximum atomic E-state index is 12.3. The van der Waals surface area contributed by atoms with Crippen LogP contribution in [0.15, 0.2) is 0 Å². The van der Waals surface area contributed by atoms with Crippen LogP contribution in [-0.2, 0) is 10.2 Å². The molecule has 6 nitrogen and oxygen atoms in total. The van der Waals surface area contributed by atoms with E-state index in [2.05, 4.69) is 21.9 Å². The molecule has 2 aliphatic rings. The zero-order valence-corrected chi connectivity index (χ0v) is 14.0. The van der Waals surface area contributed by atoms with Gasteiger partial charge in [0.25, 0.3) is 10.2 Å². The molecule has 0 aliphatic carbocycles. The number of piperidine rings is 1. The van der Waals surface area contributed by atoms with Crippen molar-refractivity contribution < 1.29 is 8.42 Å². The first-order valence-corrected chi connectivity index (χ1v) is 9.73. The minimum Gasteiger partial charge on any atom is -0.317 e. The molecule has 0 bridgehead atoms. The predicted molar refractivity (Wildman–Crippen MR) is 85.4 cm³/mol. The van der Waals surface area contributed by atoms with E-state index in [0.717, 1.165) is 45.6 Å². The van der Waals surface area contributed by atoms with Gasteiger partial charge < -0.3 is 10.2 Å². The third-order valence-corrected chi connectivity index (χ3v) is 6.12. The number of hydrogen-bond donors (Lipinski definition) is 2. The summed E-state index contributed by atoms with van der Waals surface area (Å²) in [4.78, 5) is 2.32. The Bertz CT molecular complexity index is 388. The van der Waals surface area contributed by atoms with Crippen molar-refractivity contribution in [1.82, 2.24) is 19.2 Å². The summed E-state index contributed by atoms with van der Waals surface area (Å²) in [6, 6.07) is 0. The molecule has 124 valence electrons. The predicted octanol–water partition coefficient (Wildman–Crippen LogP) is 0.238. The molecule has 7 heteroatoms. The summed E-state index contributed by atoms with van der Waals surface area (Å²) in [6.07, 6.45) is 4.40. The van der Waals surface area contributed by atoms with Crippen molar-refractivity contribution >= 4 is 10.2 Å². The fourth-order valence-electron chi connectivity index (χ4n) is 3.13. The number of hydrogen-bond acceptors (Lipinski definition) is 4. The topological polar surface area (TPSA) is 64.7 Å². The minimum atomic E-state index is -3.28. The number of nitrogens with one attached hydrogen (secondary N) is 2. The van der Waals surface area contributed by atoms with Crippen LogP contribution in [0.2, 0.25) is 0 Å². The second kappa shape index (κ2) is 8.43. The lowest BCUT2D eigenvalue weighted by Crippen LogP contribution is -2.47. The molecule has 2 aliphatic heterocycles. The van der Waals surface area contributed by atoms with Crippen LogP contribution in [0.25, 0.3) is 0 Å². The Morgan fingerprint density at radius 3 is 2.38 bits per heavy atom. The van der Waals surface area contributed by atoms with Gasteiger partial charge in [0.2, 0.25) is 0 Å². The molecule has 0 unspecified atom stereocenters. The van der Waals surface area contributed by atoms with Crippen LogP contribution in [0.4, 0.5) is 0 Å². The minimum absolute atomic E-state index is 0.527. The van der Waals surface area contributed by atoms with E-state index in [1.165, 1.54) is 12.8 Å². The average Bonchev–Trinajstić information content (AvgIpc) is 2.98. The molecule has 2 fully saturated rings. The van der Waals surface area contributed by atoms with Gasteiger partial charge in [-0.25, -0.2) is 4.72 Å². The van der Waals surface area contributed by atoms with E-state index in [1.54, 1.807) is 4.31 Å². The normalized spacial score (nSPS) is 22.9. The van der Waals surface area contributed by atoms with Crippen molar-refractivity contribution in [1.29, 1.82) is 0 Å². The zero-order chi connectivity index (χ0) is 15.1. The third-order valence-electron chi connectivity index (χ3n) is 4.51. The fourth-order valence-corrected chi connectivity index (χ4v) is 4.36. The number of likely N-dealkylation sites (tertiary alicyclic amines) is 1. The highest BCUT2D eigenvalue weighted by Gasteiger charge is 2.27. The van der Waals surface area contributed by atoms with Crippen LogP contribution in [-0.4, -0.2) is 70.0 Å². The summed E-state index contributed by atoms with van der Waals surface area (Å²) in [5.74, 6) is 0.612. The molecule has 0 spiro atoms. The molecule has 0 atom stereocenters. The van der Waals surface area contributed by atoms with Crippen LogP contribution >= 0.6 is 0 Å². The fraction of sp³-hybridized carbons (Fsp3) is 1.00. The van der Waals surface area contributed by atoms with Crippen LogP contribution < -0.4 is 10.0 Å². The van der Waals surface area contributed by atoms with Crippen molar-refractivity contribution in [3.05, 3.63) is 0 Å². The Kier molecular flexibility index (Phi) is 6.88. The van der Waals surface area contributed by atoms with Gasteiger partial charge in [-0.3, -0.25) is 0 Å². The summed E-state index contributed by atoms with van der Waals surface area (Å²) in [6.45, 7) is 8.96. The van der Waals surface area contributed by atoms with E-state index in [-0.39, 0.29) is 0 Å². The Morgan fingerprint density at radius 1 is 1.10 bits per heavy atom. The molecule has 0 aromatic rings. The second-order valence-electron chi connectivity index (χ2n) is 6.10. The lowest BCUT2D eigenvalue weighted by atomic mass is 9.98. The molecule has 21 heavy (non-hydrogen) atoms.